The summed E-state index contributed by atoms with van der Waals surface area (Å²) in [5.74, 6) is -0.233. The van der Waals surface area contributed by atoms with E-state index in [1.54, 1.807) is 0 Å². The Morgan fingerprint density at radius 3 is 2.26 bits per heavy atom. The number of hydrogen-bond acceptors (Lipinski definition) is 0. The number of halogens is 4. The molecular weight excluding hydrogens is 397 g/mol. The molecule has 0 saturated carbocycles. The maximum Gasteiger partial charge on any atom is 0.123 e. The molecule has 100 valence electrons. The van der Waals surface area contributed by atoms with Gasteiger partial charge in [-0.25, -0.2) is 4.39 Å². The van der Waals surface area contributed by atoms with E-state index in [-0.39, 0.29) is 11.2 Å². The highest BCUT2D eigenvalue weighted by Gasteiger charge is 2.19. The topological polar surface area (TPSA) is 0 Å². The second-order valence-electron chi connectivity index (χ2n) is 4.48. The third kappa shape index (κ3) is 3.23. The van der Waals surface area contributed by atoms with Crippen LogP contribution in [0.1, 0.15) is 27.6 Å². The molecule has 0 nitrogen and oxygen atoms in total. The molecule has 2 rings (SSSR count). The van der Waals surface area contributed by atoms with E-state index in [0.29, 0.717) is 5.02 Å². The second kappa shape index (κ2) is 5.98. The van der Waals surface area contributed by atoms with Gasteiger partial charge >= 0.3 is 0 Å². The fourth-order valence-corrected chi connectivity index (χ4v) is 3.72. The Kier molecular flexibility index (Phi) is 4.75. The lowest BCUT2D eigenvalue weighted by Gasteiger charge is -2.18. The van der Waals surface area contributed by atoms with Crippen LogP contribution in [0.25, 0.3) is 0 Å². The molecule has 1 atom stereocenters. The van der Waals surface area contributed by atoms with Crippen LogP contribution in [0.2, 0.25) is 5.02 Å². The van der Waals surface area contributed by atoms with Crippen molar-refractivity contribution in [3.8, 4) is 0 Å². The van der Waals surface area contributed by atoms with Crippen LogP contribution in [0.15, 0.2) is 30.3 Å². The maximum absolute atomic E-state index is 13.4. The van der Waals surface area contributed by atoms with Crippen molar-refractivity contribution in [3.63, 3.8) is 0 Å². The minimum atomic E-state index is -0.328. The molecule has 0 aliphatic carbocycles. The van der Waals surface area contributed by atoms with Crippen LogP contribution in [0, 0.1) is 23.2 Å². The lowest BCUT2D eigenvalue weighted by atomic mass is 9.95. The van der Waals surface area contributed by atoms with Crippen molar-refractivity contribution in [1.29, 1.82) is 0 Å². The Bertz CT molecular complexity index is 603. The summed E-state index contributed by atoms with van der Waals surface area (Å²) in [6.45, 7) is 3.75. The van der Waals surface area contributed by atoms with E-state index in [2.05, 4.69) is 22.6 Å². The van der Waals surface area contributed by atoms with Gasteiger partial charge in [-0.3, -0.25) is 0 Å². The molecule has 0 aliphatic heterocycles. The Morgan fingerprint density at radius 2 is 1.68 bits per heavy atom. The molecule has 0 aromatic heterocycles. The van der Waals surface area contributed by atoms with Gasteiger partial charge in [-0.1, -0.05) is 11.6 Å². The van der Waals surface area contributed by atoms with Crippen molar-refractivity contribution in [2.75, 3.05) is 0 Å². The van der Waals surface area contributed by atoms with Gasteiger partial charge in [-0.2, -0.15) is 0 Å². The first-order valence-electron chi connectivity index (χ1n) is 5.76. The molecule has 0 N–H and O–H groups in total. The molecule has 2 aromatic carbocycles. The highest BCUT2D eigenvalue weighted by atomic mass is 127. The fourth-order valence-electron chi connectivity index (χ4n) is 2.19. The summed E-state index contributed by atoms with van der Waals surface area (Å²) < 4.78 is 14.4. The Labute approximate surface area is 136 Å². The van der Waals surface area contributed by atoms with Gasteiger partial charge in [-0.05, 0) is 89.0 Å². The largest absolute Gasteiger partial charge is 0.207 e. The minimum Gasteiger partial charge on any atom is -0.207 e. The predicted molar refractivity (Wildman–Crippen MR) is 87.7 cm³/mol. The number of rotatable bonds is 2. The molecule has 0 saturated heterocycles. The summed E-state index contributed by atoms with van der Waals surface area (Å²) in [6, 6.07) is 8.65. The summed E-state index contributed by atoms with van der Waals surface area (Å²) in [4.78, 5) is 0. The zero-order valence-electron chi connectivity index (χ0n) is 10.5. The molecule has 1 unspecified atom stereocenters. The Balaban J connectivity index is 2.56. The van der Waals surface area contributed by atoms with Gasteiger partial charge in [0.05, 0.1) is 5.38 Å². The van der Waals surface area contributed by atoms with E-state index in [1.165, 1.54) is 12.1 Å². The fraction of sp³-hybridized carbons (Fsp3) is 0.200. The normalized spacial score (nSPS) is 12.5. The molecule has 0 bridgehead atoms. The molecule has 4 heteroatoms. The van der Waals surface area contributed by atoms with E-state index in [0.717, 1.165) is 25.8 Å². The quantitative estimate of drug-likeness (QED) is 0.420. The summed E-state index contributed by atoms with van der Waals surface area (Å²) in [7, 11) is 0. The van der Waals surface area contributed by atoms with E-state index < -0.39 is 0 Å². The van der Waals surface area contributed by atoms with E-state index in [1.807, 2.05) is 32.0 Å². The molecule has 0 aliphatic rings. The first-order chi connectivity index (χ1) is 8.90. The maximum atomic E-state index is 13.4. The van der Waals surface area contributed by atoms with E-state index in [9.17, 15) is 4.39 Å². The van der Waals surface area contributed by atoms with Crippen LogP contribution in [-0.2, 0) is 0 Å². The first-order valence-corrected chi connectivity index (χ1v) is 7.65. The molecule has 0 heterocycles. The van der Waals surface area contributed by atoms with E-state index >= 15 is 0 Å². The van der Waals surface area contributed by atoms with Crippen LogP contribution < -0.4 is 0 Å². The van der Waals surface area contributed by atoms with Crippen molar-refractivity contribution in [1.82, 2.24) is 0 Å². The lowest BCUT2D eigenvalue weighted by Crippen LogP contribution is -2.02. The number of alkyl halides is 1. The third-order valence-electron chi connectivity index (χ3n) is 3.04. The van der Waals surface area contributed by atoms with Gasteiger partial charge in [0.1, 0.15) is 5.82 Å². The van der Waals surface area contributed by atoms with Gasteiger partial charge in [-0.15, -0.1) is 11.6 Å². The molecule has 0 radical (unpaired) electrons. The monoisotopic (exact) mass is 408 g/mol. The predicted octanol–water partition coefficient (Wildman–Crippen LogP) is 6.03. The number of hydrogen-bond donors (Lipinski definition) is 0. The second-order valence-corrected chi connectivity index (χ2v) is 6.52. The minimum absolute atomic E-state index is 0.233. The van der Waals surface area contributed by atoms with Crippen molar-refractivity contribution in [3.05, 3.63) is 67.0 Å². The van der Waals surface area contributed by atoms with Crippen molar-refractivity contribution in [2.24, 2.45) is 0 Å². The first kappa shape index (κ1) is 15.1. The van der Waals surface area contributed by atoms with Crippen molar-refractivity contribution in [2.45, 2.75) is 19.2 Å². The van der Waals surface area contributed by atoms with Gasteiger partial charge in [0.15, 0.2) is 0 Å². The smallest absolute Gasteiger partial charge is 0.123 e. The Morgan fingerprint density at radius 1 is 1.11 bits per heavy atom. The molecule has 19 heavy (non-hydrogen) atoms. The molecule has 0 fully saturated rings. The van der Waals surface area contributed by atoms with Crippen LogP contribution in [-0.4, -0.2) is 0 Å². The molecule has 0 amide bonds. The zero-order valence-corrected chi connectivity index (χ0v) is 14.1. The average Bonchev–Trinajstić information content (AvgIpc) is 2.30. The zero-order chi connectivity index (χ0) is 14.2. The van der Waals surface area contributed by atoms with Gasteiger partial charge < -0.3 is 0 Å². The number of aryl methyl sites for hydroxylation is 2. The van der Waals surface area contributed by atoms with Crippen LogP contribution in [0.3, 0.4) is 0 Å². The summed E-state index contributed by atoms with van der Waals surface area (Å²) in [5.41, 5.74) is 3.61. The molecular formula is C15H12Cl2FI. The van der Waals surface area contributed by atoms with Crippen molar-refractivity contribution < 1.29 is 4.39 Å². The van der Waals surface area contributed by atoms with Crippen LogP contribution >= 0.6 is 45.8 Å². The number of benzene rings is 2. The van der Waals surface area contributed by atoms with Gasteiger partial charge in [0.25, 0.3) is 0 Å². The standard InChI is InChI=1S/C15H12Cl2FI/c1-8-5-11(18)6-9(2)14(8)15(17)12-7-10(16)3-4-13(12)19/h3-7,15H,1-2H3. The SMILES string of the molecule is Cc1cc(F)cc(C)c1C(Cl)c1cc(Cl)ccc1I. The third-order valence-corrected chi connectivity index (χ3v) is 4.71. The Hall–Kier alpha value is -0.320. The van der Waals surface area contributed by atoms with Crippen molar-refractivity contribution >= 4 is 45.8 Å². The van der Waals surface area contributed by atoms with Gasteiger partial charge in [0.2, 0.25) is 0 Å². The summed E-state index contributed by atoms with van der Waals surface area (Å²) in [6.07, 6.45) is 0. The van der Waals surface area contributed by atoms with Crippen LogP contribution in [0.5, 0.6) is 0 Å². The highest BCUT2D eigenvalue weighted by molar-refractivity contribution is 14.1. The van der Waals surface area contributed by atoms with Gasteiger partial charge in [0, 0.05) is 8.59 Å². The average molecular weight is 409 g/mol. The summed E-state index contributed by atoms with van der Waals surface area (Å²) in [5, 5.41) is 0.324. The van der Waals surface area contributed by atoms with E-state index in [4.69, 9.17) is 23.2 Å². The highest BCUT2D eigenvalue weighted by Crippen LogP contribution is 2.37. The molecule has 2 aromatic rings. The molecule has 0 spiro atoms. The lowest BCUT2D eigenvalue weighted by molar-refractivity contribution is 0.624. The van der Waals surface area contributed by atoms with Crippen LogP contribution in [0.4, 0.5) is 4.39 Å². The summed E-state index contributed by atoms with van der Waals surface area (Å²) >= 11 is 14.8.